The summed E-state index contributed by atoms with van der Waals surface area (Å²) in [5.74, 6) is -5.79. The normalized spacial score (nSPS) is 20.2. The number of aryl methyl sites for hydroxylation is 1. The second-order valence-corrected chi connectivity index (χ2v) is 27.3. The number of hydrogen-bond donors (Lipinski definition) is 18. The van der Waals surface area contributed by atoms with Crippen molar-refractivity contribution in [2.45, 2.75) is 183 Å². The van der Waals surface area contributed by atoms with Crippen LogP contribution in [0.4, 0.5) is 21.9 Å². The molecular formula is C64H106N22O19S. The van der Waals surface area contributed by atoms with E-state index in [4.69, 9.17) is 41.6 Å². The smallest absolute Gasteiger partial charge is 0.315 e. The maximum absolute atomic E-state index is 14.3. The van der Waals surface area contributed by atoms with Gasteiger partial charge in [-0.2, -0.15) is 11.8 Å². The van der Waals surface area contributed by atoms with Gasteiger partial charge < -0.3 is 110 Å². The monoisotopic (exact) mass is 1520 g/mol. The van der Waals surface area contributed by atoms with E-state index in [1.165, 1.54) is 17.8 Å². The van der Waals surface area contributed by atoms with E-state index in [2.05, 4.69) is 79.4 Å². The highest BCUT2D eigenvalue weighted by Gasteiger charge is 2.43. The van der Waals surface area contributed by atoms with Crippen molar-refractivity contribution in [2.75, 3.05) is 103 Å². The highest BCUT2D eigenvalue weighted by Crippen LogP contribution is 2.33. The van der Waals surface area contributed by atoms with Crippen molar-refractivity contribution in [3.63, 3.8) is 0 Å². The third-order valence-corrected chi connectivity index (χ3v) is 18.4. The number of thioether (sulfide) groups is 1. The van der Waals surface area contributed by atoms with E-state index in [0.717, 1.165) is 43.2 Å². The lowest BCUT2D eigenvalue weighted by Crippen LogP contribution is -2.62. The molecule has 2 aromatic rings. The van der Waals surface area contributed by atoms with Crippen LogP contribution in [0.5, 0.6) is 0 Å². The van der Waals surface area contributed by atoms with Crippen LogP contribution in [0.3, 0.4) is 0 Å². The molecule has 0 radical (unpaired) electrons. The van der Waals surface area contributed by atoms with Gasteiger partial charge in [0, 0.05) is 93.6 Å². The number of carbonyl (C=O) groups excluding carboxylic acids is 10. The Balaban J connectivity index is 1.06. The average Bonchev–Trinajstić information content (AvgIpc) is 1.68. The van der Waals surface area contributed by atoms with Gasteiger partial charge in [-0.3, -0.25) is 73.5 Å². The van der Waals surface area contributed by atoms with E-state index in [1.54, 1.807) is 0 Å². The van der Waals surface area contributed by atoms with Gasteiger partial charge in [-0.05, 0) is 83.6 Å². The Bertz CT molecular complexity index is 3190. The molecule has 2 bridgehead atoms. The summed E-state index contributed by atoms with van der Waals surface area (Å²) < 4.78 is 23.7. The first kappa shape index (κ1) is 87.4. The first-order valence-electron chi connectivity index (χ1n) is 35.6. The number of urea groups is 1. The summed E-state index contributed by atoms with van der Waals surface area (Å²) in [6.45, 7) is 7.40. The molecule has 42 heteroatoms. The quantitative estimate of drug-likeness (QED) is 0.00753. The van der Waals surface area contributed by atoms with Crippen molar-refractivity contribution in [1.29, 1.82) is 5.41 Å². The summed E-state index contributed by atoms with van der Waals surface area (Å²) in [5, 5.41) is 85.3. The third kappa shape index (κ3) is 32.7. The second-order valence-electron chi connectivity index (χ2n) is 26.0. The highest BCUT2D eigenvalue weighted by molar-refractivity contribution is 8.00. The van der Waals surface area contributed by atoms with E-state index >= 15 is 0 Å². The van der Waals surface area contributed by atoms with Crippen LogP contribution in [0.1, 0.15) is 110 Å². The number of nitro groups is 2. The summed E-state index contributed by atoms with van der Waals surface area (Å²) in [6, 6.07) is -6.72. The van der Waals surface area contributed by atoms with Gasteiger partial charge in [-0.15, -0.1) is 5.10 Å². The van der Waals surface area contributed by atoms with Gasteiger partial charge in [-0.25, -0.2) is 4.79 Å². The number of guanidine groups is 1. The van der Waals surface area contributed by atoms with Crippen molar-refractivity contribution < 1.29 is 81.8 Å². The zero-order chi connectivity index (χ0) is 77.5. The maximum atomic E-state index is 14.3. The van der Waals surface area contributed by atoms with Gasteiger partial charge in [0.15, 0.2) is 5.96 Å². The average molecular weight is 1520 g/mol. The summed E-state index contributed by atoms with van der Waals surface area (Å²) in [4.78, 5) is 156. The Morgan fingerprint density at radius 3 is 2.02 bits per heavy atom. The molecule has 0 unspecified atom stereocenters. The highest BCUT2D eigenvalue weighted by atomic mass is 32.2. The number of amides is 11. The molecule has 592 valence electrons. The largest absolute Gasteiger partial charge is 0.391 e. The number of non-ortho nitro benzene ring substituents is 2. The zero-order valence-corrected chi connectivity index (χ0v) is 60.9. The number of aliphatic hydroxyl groups excluding tert-OH is 1. The summed E-state index contributed by atoms with van der Waals surface area (Å²) in [5.41, 5.74) is 16.7. The van der Waals surface area contributed by atoms with Crippen LogP contribution in [0.15, 0.2) is 24.4 Å². The lowest BCUT2D eigenvalue weighted by Gasteiger charge is -2.29. The molecule has 1 aromatic heterocycles. The van der Waals surface area contributed by atoms with Crippen molar-refractivity contribution in [3.05, 3.63) is 50.3 Å². The van der Waals surface area contributed by atoms with Crippen LogP contribution in [-0.2, 0) is 75.1 Å². The molecular weight excluding hydrogens is 1410 g/mol. The summed E-state index contributed by atoms with van der Waals surface area (Å²) >= 11 is 1.85. The standard InChI is InChI=1S/C64H106N22O19S/c1-38(2)31-48(57(91)72-21-24-103-26-28-105-30-29-104-27-25-102-23-15-53(89)71-20-19-70-52(88)12-5-4-11-51-55-50(37-106-51)79-64(97)81-55)77-61(95)49-34-41-36-84(83-82-41)22-7-6-9-45(60(94)80-54(39(3)87)62(96)76-47(13-16-65)59(93)78-49)75-58(92)46(10-8-17-73-63(67)68)74-56(90)44(66)14-18-69-40-32-42(85(98)99)35-43(33-40)86(100)101/h32-33,35-36,38-39,44-51,54-55,69,87H,4-31,34,37,65-66H2,1-3H3,(H,70,88)(H,71,89)(H,72,91)(H,74,90)(H,75,92)(H,76,96)(H,77,95)(H,78,93)(H,80,94)(H4,67,68,73)(H2,79,81,97)/t39-,44+,45+,46+,47+,48+,49+,50+,51+,54+,55+/m1/s1. The molecule has 21 N–H and O–H groups in total. The van der Waals surface area contributed by atoms with E-state index < -0.39 is 111 Å². The molecule has 2 fully saturated rings. The van der Waals surface area contributed by atoms with E-state index in [1.807, 2.05) is 25.6 Å². The Morgan fingerprint density at radius 1 is 0.717 bits per heavy atom. The van der Waals surface area contributed by atoms with E-state index in [9.17, 15) is 73.3 Å². The first-order chi connectivity index (χ1) is 50.7. The predicted octanol–water partition coefficient (Wildman–Crippen LogP) is -3.87. The number of nitrogens with one attached hydrogen (secondary N) is 14. The second kappa shape index (κ2) is 47.4. The van der Waals surface area contributed by atoms with Crippen LogP contribution in [-0.4, -0.2) is 259 Å². The fourth-order valence-electron chi connectivity index (χ4n) is 11.4. The molecule has 5 rings (SSSR count). The minimum atomic E-state index is -1.75. The molecule has 11 amide bonds. The number of nitrogens with two attached hydrogens (primary N) is 3. The minimum Gasteiger partial charge on any atom is -0.391 e. The lowest BCUT2D eigenvalue weighted by atomic mass is 10.0. The zero-order valence-electron chi connectivity index (χ0n) is 60.1. The van der Waals surface area contributed by atoms with Crippen molar-refractivity contribution in [3.8, 4) is 0 Å². The van der Waals surface area contributed by atoms with Gasteiger partial charge >= 0.3 is 6.03 Å². The number of fused-ring (bicyclic) bond motifs is 3. The number of ether oxygens (including phenoxy) is 4. The maximum Gasteiger partial charge on any atom is 0.315 e. The number of aliphatic hydroxyl groups is 1. The minimum absolute atomic E-state index is 0.00573. The van der Waals surface area contributed by atoms with Crippen molar-refractivity contribution in [2.24, 2.45) is 23.1 Å². The number of carbonyl (C=O) groups is 10. The molecule has 1 aromatic carbocycles. The van der Waals surface area contributed by atoms with Gasteiger partial charge in [0.2, 0.25) is 53.2 Å². The number of benzene rings is 1. The van der Waals surface area contributed by atoms with Crippen LogP contribution < -0.4 is 86.3 Å². The van der Waals surface area contributed by atoms with Crippen molar-refractivity contribution >= 4 is 94.0 Å². The van der Waals surface area contributed by atoms with Gasteiger partial charge in [0.1, 0.15) is 36.3 Å². The molecule has 11 atom stereocenters. The predicted molar refractivity (Wildman–Crippen MR) is 385 cm³/mol. The third-order valence-electron chi connectivity index (χ3n) is 16.9. The fraction of sp³-hybridized carbons (Fsp3) is 0.703. The molecule has 41 nitrogen and oxygen atoms in total. The van der Waals surface area contributed by atoms with Crippen LogP contribution in [0, 0.1) is 31.6 Å². The summed E-state index contributed by atoms with van der Waals surface area (Å²) in [6.07, 6.45) is 3.11. The van der Waals surface area contributed by atoms with Gasteiger partial charge in [-0.1, -0.05) is 25.5 Å². The Kier molecular flexibility index (Phi) is 39.1. The molecule has 0 saturated carbocycles. The number of aromatic nitrogens is 3. The molecule has 3 aliphatic heterocycles. The molecule has 0 aliphatic carbocycles. The lowest BCUT2D eigenvalue weighted by molar-refractivity contribution is -0.394. The van der Waals surface area contributed by atoms with Gasteiger partial charge in [0.25, 0.3) is 11.4 Å². The number of nitro benzene ring substituents is 2. The number of rotatable bonds is 45. The summed E-state index contributed by atoms with van der Waals surface area (Å²) in [7, 11) is 0. The van der Waals surface area contributed by atoms with Crippen LogP contribution in [0.2, 0.25) is 0 Å². The topological polar surface area (TPSA) is 603 Å². The Morgan fingerprint density at radius 2 is 1.38 bits per heavy atom. The Hall–Kier alpha value is -9.20. The number of unbranched alkanes of at least 4 members (excludes halogenated alkanes) is 1. The first-order valence-corrected chi connectivity index (χ1v) is 36.7. The molecule has 0 spiro atoms. The SMILES string of the molecule is CC(C)C[C@H](NC(=O)[C@@H]1Cc2cn(nn2)CCCC[C@H](NC(=O)[C@H](CCCNC(=N)N)NC(=O)[C@@H](N)CCNc2cc([N+](=O)[O-])cc([N+](=O)[O-])c2)C(=O)N[C@@H]([C@@H](C)O)C(=O)N[C@@H](CCN)C(=O)N1)C(=O)NCCOCCOCCOCCOCCC(=O)NCCNC(=O)CCCC[C@@H]1SC[C@@H]2NC(=O)N[C@@H]21. The van der Waals surface area contributed by atoms with Crippen molar-refractivity contribution in [1.82, 2.24) is 78.8 Å². The van der Waals surface area contributed by atoms with Gasteiger partial charge in [0.05, 0.1) is 98.7 Å². The van der Waals surface area contributed by atoms with E-state index in [-0.39, 0.29) is 197 Å². The Labute approximate surface area is 617 Å². The van der Waals surface area contributed by atoms with E-state index in [0.29, 0.717) is 31.2 Å². The van der Waals surface area contributed by atoms with Crippen LogP contribution in [0.25, 0.3) is 0 Å². The molecule has 3 aliphatic rings. The number of anilines is 1. The number of nitrogens with zero attached hydrogens (tertiary/aromatic N) is 5. The fourth-order valence-corrected chi connectivity index (χ4v) is 12.9. The number of hydrogen-bond acceptors (Lipinski definition) is 26. The molecule has 4 heterocycles. The van der Waals surface area contributed by atoms with Crippen LogP contribution >= 0.6 is 11.8 Å². The molecule has 2 saturated heterocycles. The molecule has 106 heavy (non-hydrogen) atoms.